The number of hydrogen-bond acceptors (Lipinski definition) is 4. The molecule has 2 N–H and O–H groups in total. The Kier molecular flexibility index (Phi) is 6.18. The first-order valence-corrected chi connectivity index (χ1v) is 8.69. The Hall–Kier alpha value is -1.63. The van der Waals surface area contributed by atoms with Crippen molar-refractivity contribution in [2.45, 2.75) is 51.6 Å². The van der Waals surface area contributed by atoms with Crippen LogP contribution in [-0.2, 0) is 11.2 Å². The summed E-state index contributed by atoms with van der Waals surface area (Å²) in [4.78, 5) is 30.3. The summed E-state index contributed by atoms with van der Waals surface area (Å²) in [5.74, 6) is 0.00211. The van der Waals surface area contributed by atoms with Crippen LogP contribution >= 0.6 is 11.3 Å². The molecule has 6 nitrogen and oxygen atoms in total. The van der Waals surface area contributed by atoms with E-state index >= 15 is 0 Å². The molecule has 2 rings (SSSR count). The number of carbonyl (C=O) groups excluding carboxylic acids is 2. The first-order chi connectivity index (χ1) is 10.6. The third-order valence-corrected chi connectivity index (χ3v) is 4.75. The predicted molar refractivity (Wildman–Crippen MR) is 86.8 cm³/mol. The summed E-state index contributed by atoms with van der Waals surface area (Å²) in [6.45, 7) is 5.11. The molecule has 1 saturated heterocycles. The zero-order valence-electron chi connectivity index (χ0n) is 13.2. The fraction of sp³-hybridized carbons (Fsp3) is 0.667. The molecule has 2 unspecified atom stereocenters. The van der Waals surface area contributed by atoms with Crippen LogP contribution in [-0.4, -0.2) is 47.0 Å². The summed E-state index contributed by atoms with van der Waals surface area (Å²) in [7, 11) is 0. The van der Waals surface area contributed by atoms with Gasteiger partial charge >= 0.3 is 6.03 Å². The minimum absolute atomic E-state index is 0.00211. The molecule has 122 valence electrons. The van der Waals surface area contributed by atoms with Gasteiger partial charge in [-0.3, -0.25) is 4.79 Å². The van der Waals surface area contributed by atoms with Gasteiger partial charge < -0.3 is 15.5 Å². The molecular weight excluding hydrogens is 300 g/mol. The SMILES string of the molecule is CC(NC(=O)NCCc1nccs1)C(=O)N1CCCCC1C. The summed E-state index contributed by atoms with van der Waals surface area (Å²) >= 11 is 1.57. The summed E-state index contributed by atoms with van der Waals surface area (Å²) in [5.41, 5.74) is 0. The lowest BCUT2D eigenvalue weighted by Crippen LogP contribution is -2.53. The molecule has 0 aliphatic carbocycles. The summed E-state index contributed by atoms with van der Waals surface area (Å²) in [5, 5.41) is 8.39. The van der Waals surface area contributed by atoms with E-state index in [1.165, 1.54) is 6.42 Å². The van der Waals surface area contributed by atoms with Crippen LogP contribution in [0.15, 0.2) is 11.6 Å². The lowest BCUT2D eigenvalue weighted by Gasteiger charge is -2.35. The summed E-state index contributed by atoms with van der Waals surface area (Å²) in [6.07, 6.45) is 5.71. The number of nitrogens with zero attached hydrogens (tertiary/aromatic N) is 2. The number of nitrogens with one attached hydrogen (secondary N) is 2. The van der Waals surface area contributed by atoms with E-state index in [0.717, 1.165) is 24.4 Å². The van der Waals surface area contributed by atoms with Crippen molar-refractivity contribution in [1.82, 2.24) is 20.5 Å². The maximum Gasteiger partial charge on any atom is 0.315 e. The second kappa shape index (κ2) is 8.12. The monoisotopic (exact) mass is 324 g/mol. The highest BCUT2D eigenvalue weighted by atomic mass is 32.1. The van der Waals surface area contributed by atoms with Gasteiger partial charge in [-0.05, 0) is 33.1 Å². The van der Waals surface area contributed by atoms with Crippen LogP contribution < -0.4 is 10.6 Å². The Morgan fingerprint density at radius 2 is 2.32 bits per heavy atom. The number of hydrogen-bond donors (Lipinski definition) is 2. The van der Waals surface area contributed by atoms with Crippen molar-refractivity contribution in [2.75, 3.05) is 13.1 Å². The van der Waals surface area contributed by atoms with Crippen molar-refractivity contribution in [1.29, 1.82) is 0 Å². The van der Waals surface area contributed by atoms with Crippen LogP contribution in [0.25, 0.3) is 0 Å². The number of amides is 3. The smallest absolute Gasteiger partial charge is 0.315 e. The number of likely N-dealkylation sites (tertiary alicyclic amines) is 1. The molecule has 3 amide bonds. The van der Waals surface area contributed by atoms with Crippen molar-refractivity contribution in [2.24, 2.45) is 0 Å². The second-order valence-electron chi connectivity index (χ2n) is 5.67. The topological polar surface area (TPSA) is 74.3 Å². The number of piperidine rings is 1. The summed E-state index contributed by atoms with van der Waals surface area (Å²) in [6, 6.07) is -0.541. The molecule has 1 aromatic heterocycles. The molecule has 0 aromatic carbocycles. The molecule has 1 aliphatic heterocycles. The van der Waals surface area contributed by atoms with Gasteiger partial charge in [-0.1, -0.05) is 0 Å². The number of rotatable bonds is 5. The number of carbonyl (C=O) groups is 2. The molecule has 0 bridgehead atoms. The molecule has 22 heavy (non-hydrogen) atoms. The van der Waals surface area contributed by atoms with E-state index in [1.807, 2.05) is 10.3 Å². The third kappa shape index (κ3) is 4.69. The van der Waals surface area contributed by atoms with Crippen LogP contribution in [0.3, 0.4) is 0 Å². The van der Waals surface area contributed by atoms with E-state index in [2.05, 4.69) is 22.5 Å². The minimum atomic E-state index is -0.500. The van der Waals surface area contributed by atoms with Crippen LogP contribution in [0.1, 0.15) is 38.1 Å². The van der Waals surface area contributed by atoms with Crippen molar-refractivity contribution in [3.8, 4) is 0 Å². The fourth-order valence-electron chi connectivity index (χ4n) is 2.64. The second-order valence-corrected chi connectivity index (χ2v) is 6.65. The average Bonchev–Trinajstić information content (AvgIpc) is 3.00. The summed E-state index contributed by atoms with van der Waals surface area (Å²) < 4.78 is 0. The van der Waals surface area contributed by atoms with Gasteiger partial charge in [0.05, 0.1) is 5.01 Å². The Morgan fingerprint density at radius 3 is 3.00 bits per heavy atom. The third-order valence-electron chi connectivity index (χ3n) is 3.91. The highest BCUT2D eigenvalue weighted by Crippen LogP contribution is 2.17. The van der Waals surface area contributed by atoms with E-state index < -0.39 is 6.04 Å². The maximum absolute atomic E-state index is 12.4. The van der Waals surface area contributed by atoms with Crippen molar-refractivity contribution in [3.05, 3.63) is 16.6 Å². The predicted octanol–water partition coefficient (Wildman–Crippen LogP) is 1.77. The van der Waals surface area contributed by atoms with E-state index in [9.17, 15) is 9.59 Å². The zero-order chi connectivity index (χ0) is 15.9. The molecule has 2 heterocycles. The Morgan fingerprint density at radius 1 is 1.50 bits per heavy atom. The molecule has 1 fully saturated rings. The van der Waals surface area contributed by atoms with Gasteiger partial charge in [-0.25, -0.2) is 9.78 Å². The fourth-order valence-corrected chi connectivity index (χ4v) is 3.26. The molecule has 2 atom stereocenters. The van der Waals surface area contributed by atoms with Crippen LogP contribution in [0.2, 0.25) is 0 Å². The average molecular weight is 324 g/mol. The standard InChI is InChI=1S/C15H24N4O2S/c1-11-5-3-4-9-19(11)14(20)12(2)18-15(21)17-7-6-13-16-8-10-22-13/h8,10-12H,3-7,9H2,1-2H3,(H2,17,18,21). The zero-order valence-corrected chi connectivity index (χ0v) is 14.0. The quantitative estimate of drug-likeness (QED) is 0.867. The lowest BCUT2D eigenvalue weighted by atomic mass is 10.0. The van der Waals surface area contributed by atoms with E-state index in [4.69, 9.17) is 0 Å². The first kappa shape index (κ1) is 16.7. The molecule has 1 aliphatic rings. The highest BCUT2D eigenvalue weighted by molar-refractivity contribution is 7.09. The number of aromatic nitrogens is 1. The Labute approximate surface area is 135 Å². The molecule has 1 aromatic rings. The van der Waals surface area contributed by atoms with Crippen molar-refractivity contribution in [3.63, 3.8) is 0 Å². The molecular formula is C15H24N4O2S. The van der Waals surface area contributed by atoms with Crippen LogP contribution in [0.4, 0.5) is 4.79 Å². The highest BCUT2D eigenvalue weighted by Gasteiger charge is 2.27. The van der Waals surface area contributed by atoms with Crippen molar-refractivity contribution < 1.29 is 9.59 Å². The van der Waals surface area contributed by atoms with Gasteiger partial charge in [0.2, 0.25) is 5.91 Å². The van der Waals surface area contributed by atoms with Crippen LogP contribution in [0.5, 0.6) is 0 Å². The van der Waals surface area contributed by atoms with E-state index in [1.54, 1.807) is 24.5 Å². The maximum atomic E-state index is 12.4. The van der Waals surface area contributed by atoms with E-state index in [-0.39, 0.29) is 18.0 Å². The van der Waals surface area contributed by atoms with Gasteiger partial charge in [0.1, 0.15) is 6.04 Å². The van der Waals surface area contributed by atoms with Gasteiger partial charge in [0, 0.05) is 37.1 Å². The van der Waals surface area contributed by atoms with Gasteiger partial charge in [-0.2, -0.15) is 0 Å². The van der Waals surface area contributed by atoms with Gasteiger partial charge in [0.15, 0.2) is 0 Å². The molecule has 0 spiro atoms. The number of urea groups is 1. The molecule has 0 radical (unpaired) electrons. The van der Waals surface area contributed by atoms with Crippen molar-refractivity contribution >= 4 is 23.3 Å². The van der Waals surface area contributed by atoms with Crippen LogP contribution in [0, 0.1) is 0 Å². The minimum Gasteiger partial charge on any atom is -0.338 e. The lowest BCUT2D eigenvalue weighted by molar-refractivity contribution is -0.136. The molecule has 0 saturated carbocycles. The van der Waals surface area contributed by atoms with Gasteiger partial charge in [0.25, 0.3) is 0 Å². The largest absolute Gasteiger partial charge is 0.338 e. The normalized spacial score (nSPS) is 19.5. The molecule has 7 heteroatoms. The Bertz CT molecular complexity index is 492. The number of thiazole rings is 1. The van der Waals surface area contributed by atoms with E-state index in [0.29, 0.717) is 13.0 Å². The Balaban J connectivity index is 1.71. The van der Waals surface area contributed by atoms with Gasteiger partial charge in [-0.15, -0.1) is 11.3 Å². The first-order valence-electron chi connectivity index (χ1n) is 7.81.